The van der Waals surface area contributed by atoms with Gasteiger partial charge in [0.1, 0.15) is 5.75 Å². The van der Waals surface area contributed by atoms with Gasteiger partial charge in [-0.25, -0.2) is 0 Å². The van der Waals surface area contributed by atoms with Crippen molar-refractivity contribution in [2.24, 2.45) is 5.92 Å². The molecule has 1 atom stereocenters. The van der Waals surface area contributed by atoms with Gasteiger partial charge in [-0.05, 0) is 63.4 Å². The maximum atomic E-state index is 12.6. The van der Waals surface area contributed by atoms with E-state index in [-0.39, 0.29) is 5.91 Å². The summed E-state index contributed by atoms with van der Waals surface area (Å²) in [5, 5.41) is 3.93. The Balaban J connectivity index is 1.87. The van der Waals surface area contributed by atoms with Gasteiger partial charge in [0.15, 0.2) is 6.10 Å². The van der Waals surface area contributed by atoms with E-state index in [2.05, 4.69) is 12.2 Å². The van der Waals surface area contributed by atoms with Crippen LogP contribution in [0.5, 0.6) is 5.75 Å². The number of hydrogen-bond acceptors (Lipinski definition) is 3. The molecular weight excluding hydrogens is 312 g/mol. The molecule has 1 aromatic carbocycles. The molecule has 1 N–H and O–H groups in total. The molecule has 1 unspecified atom stereocenters. The zero-order chi connectivity index (χ0) is 16.8. The molecule has 0 radical (unpaired) electrons. The average Bonchev–Trinajstić information content (AvgIpc) is 2.56. The molecule has 1 aliphatic rings. The summed E-state index contributed by atoms with van der Waals surface area (Å²) < 4.78 is 5.80. The number of ether oxygens (including phenoxy) is 1. The molecule has 2 rings (SSSR count). The van der Waals surface area contributed by atoms with Crippen LogP contribution in [-0.2, 0) is 4.79 Å². The summed E-state index contributed by atoms with van der Waals surface area (Å²) in [4.78, 5) is 14.5. The Hall–Kier alpha value is -1.26. The molecule has 1 amide bonds. The van der Waals surface area contributed by atoms with Gasteiger partial charge < -0.3 is 15.0 Å². The van der Waals surface area contributed by atoms with E-state index in [9.17, 15) is 4.79 Å². The number of carbonyl (C=O) groups excluding carboxylic acids is 1. The van der Waals surface area contributed by atoms with E-state index in [1.54, 1.807) is 13.0 Å². The van der Waals surface area contributed by atoms with Crippen molar-refractivity contribution in [3.63, 3.8) is 0 Å². The van der Waals surface area contributed by atoms with Gasteiger partial charge in [-0.15, -0.1) is 0 Å². The van der Waals surface area contributed by atoms with E-state index in [1.165, 1.54) is 0 Å². The van der Waals surface area contributed by atoms with Gasteiger partial charge in [0.25, 0.3) is 5.91 Å². The summed E-state index contributed by atoms with van der Waals surface area (Å²) in [5.74, 6) is 1.29. The van der Waals surface area contributed by atoms with Gasteiger partial charge in [-0.3, -0.25) is 4.79 Å². The zero-order valence-corrected chi connectivity index (χ0v) is 15.0. The molecule has 1 saturated heterocycles. The van der Waals surface area contributed by atoms with E-state index in [4.69, 9.17) is 16.3 Å². The number of likely N-dealkylation sites (tertiary alicyclic amines) is 1. The molecule has 4 nitrogen and oxygen atoms in total. The van der Waals surface area contributed by atoms with Crippen LogP contribution in [-0.4, -0.2) is 43.1 Å². The number of piperidine rings is 1. The fourth-order valence-corrected chi connectivity index (χ4v) is 3.07. The number of amides is 1. The van der Waals surface area contributed by atoms with Gasteiger partial charge in [0.05, 0.1) is 5.02 Å². The van der Waals surface area contributed by atoms with Crippen LogP contribution in [0.25, 0.3) is 0 Å². The van der Waals surface area contributed by atoms with Crippen molar-refractivity contribution in [2.75, 3.05) is 26.2 Å². The van der Waals surface area contributed by atoms with Crippen molar-refractivity contribution in [3.05, 3.63) is 28.8 Å². The highest BCUT2D eigenvalue weighted by molar-refractivity contribution is 6.32. The molecule has 1 heterocycles. The number of hydrogen-bond donors (Lipinski definition) is 1. The van der Waals surface area contributed by atoms with Crippen LogP contribution >= 0.6 is 11.6 Å². The Morgan fingerprint density at radius 2 is 2.13 bits per heavy atom. The first kappa shape index (κ1) is 18.1. The van der Waals surface area contributed by atoms with Crippen molar-refractivity contribution >= 4 is 17.5 Å². The monoisotopic (exact) mass is 338 g/mol. The summed E-state index contributed by atoms with van der Waals surface area (Å²) in [6.07, 6.45) is 1.59. The molecule has 0 bridgehead atoms. The third-order valence-electron chi connectivity index (χ3n) is 4.35. The lowest BCUT2D eigenvalue weighted by molar-refractivity contribution is -0.139. The molecule has 0 aromatic heterocycles. The summed E-state index contributed by atoms with van der Waals surface area (Å²) in [6.45, 7) is 9.56. The van der Waals surface area contributed by atoms with Crippen molar-refractivity contribution in [3.8, 4) is 5.75 Å². The minimum atomic E-state index is -0.514. The van der Waals surface area contributed by atoms with Gasteiger partial charge in [-0.1, -0.05) is 24.6 Å². The van der Waals surface area contributed by atoms with Crippen molar-refractivity contribution in [1.82, 2.24) is 10.2 Å². The minimum absolute atomic E-state index is 0.0458. The van der Waals surface area contributed by atoms with E-state index in [1.807, 2.05) is 24.0 Å². The largest absolute Gasteiger partial charge is 0.479 e. The predicted molar refractivity (Wildman–Crippen MR) is 94.1 cm³/mol. The maximum absolute atomic E-state index is 12.6. The van der Waals surface area contributed by atoms with Crippen LogP contribution in [0.4, 0.5) is 0 Å². The smallest absolute Gasteiger partial charge is 0.263 e. The second kappa shape index (κ2) is 8.55. The first-order valence-corrected chi connectivity index (χ1v) is 8.81. The molecule has 1 aliphatic heterocycles. The first-order valence-electron chi connectivity index (χ1n) is 8.43. The quantitative estimate of drug-likeness (QED) is 0.865. The third-order valence-corrected chi connectivity index (χ3v) is 4.66. The topological polar surface area (TPSA) is 41.6 Å². The van der Waals surface area contributed by atoms with Gasteiger partial charge in [0.2, 0.25) is 0 Å². The number of nitrogens with one attached hydrogen (secondary N) is 1. The van der Waals surface area contributed by atoms with Crippen LogP contribution in [0.3, 0.4) is 0 Å². The van der Waals surface area contributed by atoms with Crippen molar-refractivity contribution < 1.29 is 9.53 Å². The highest BCUT2D eigenvalue weighted by Gasteiger charge is 2.27. The summed E-state index contributed by atoms with van der Waals surface area (Å²) in [5.41, 5.74) is 1.06. The van der Waals surface area contributed by atoms with Crippen LogP contribution in [0.15, 0.2) is 18.2 Å². The lowest BCUT2D eigenvalue weighted by Crippen LogP contribution is -2.45. The van der Waals surface area contributed by atoms with Gasteiger partial charge >= 0.3 is 0 Å². The lowest BCUT2D eigenvalue weighted by atomic mass is 9.96. The lowest BCUT2D eigenvalue weighted by Gasteiger charge is -2.33. The maximum Gasteiger partial charge on any atom is 0.263 e. The average molecular weight is 339 g/mol. The normalized spacial score (nSPS) is 17.1. The molecule has 1 aromatic rings. The van der Waals surface area contributed by atoms with E-state index in [0.717, 1.165) is 44.6 Å². The number of aryl methyl sites for hydroxylation is 1. The number of benzene rings is 1. The second-order valence-electron chi connectivity index (χ2n) is 6.27. The first-order chi connectivity index (χ1) is 11.0. The fraction of sp³-hybridized carbons (Fsp3) is 0.611. The van der Waals surface area contributed by atoms with Crippen LogP contribution in [0.2, 0.25) is 5.02 Å². The number of carbonyl (C=O) groups is 1. The van der Waals surface area contributed by atoms with E-state index in [0.29, 0.717) is 16.7 Å². The molecule has 5 heteroatoms. The molecule has 128 valence electrons. The highest BCUT2D eigenvalue weighted by atomic mass is 35.5. The second-order valence-corrected chi connectivity index (χ2v) is 6.68. The van der Waals surface area contributed by atoms with E-state index >= 15 is 0 Å². The molecule has 1 fully saturated rings. The van der Waals surface area contributed by atoms with E-state index < -0.39 is 6.10 Å². The Morgan fingerprint density at radius 3 is 2.78 bits per heavy atom. The number of halogens is 1. The molecule has 0 aliphatic carbocycles. The Morgan fingerprint density at radius 1 is 1.43 bits per heavy atom. The van der Waals surface area contributed by atoms with Gasteiger partial charge in [0, 0.05) is 13.1 Å². The molecule has 0 saturated carbocycles. The predicted octanol–water partition coefficient (Wildman–Crippen LogP) is 3.26. The molecule has 23 heavy (non-hydrogen) atoms. The Labute approximate surface area is 144 Å². The van der Waals surface area contributed by atoms with Crippen LogP contribution in [0.1, 0.15) is 32.3 Å². The fourth-order valence-electron chi connectivity index (χ4n) is 2.90. The summed E-state index contributed by atoms with van der Waals surface area (Å²) >= 11 is 6.14. The van der Waals surface area contributed by atoms with Gasteiger partial charge in [-0.2, -0.15) is 0 Å². The Kier molecular flexibility index (Phi) is 6.72. The zero-order valence-electron chi connectivity index (χ0n) is 14.3. The van der Waals surface area contributed by atoms with Crippen LogP contribution < -0.4 is 10.1 Å². The summed E-state index contributed by atoms with van der Waals surface area (Å²) in [7, 11) is 0. The van der Waals surface area contributed by atoms with Crippen molar-refractivity contribution in [2.45, 2.75) is 39.7 Å². The number of nitrogens with zero attached hydrogens (tertiary/aromatic N) is 1. The highest BCUT2D eigenvalue weighted by Crippen LogP contribution is 2.27. The minimum Gasteiger partial charge on any atom is -0.479 e. The number of rotatable bonds is 6. The van der Waals surface area contributed by atoms with Crippen molar-refractivity contribution in [1.29, 1.82) is 0 Å². The Bertz CT molecular complexity index is 528. The molecular formula is C18H27ClN2O2. The third kappa shape index (κ3) is 5.11. The molecule has 0 spiro atoms. The SMILES string of the molecule is CCNCC1CCN(C(=O)C(C)Oc2cc(C)ccc2Cl)CC1. The standard InChI is InChI=1S/C18H27ClN2O2/c1-4-20-12-15-7-9-21(10-8-15)18(22)14(3)23-17-11-13(2)5-6-16(17)19/h5-6,11,14-15,20H,4,7-10,12H2,1-3H3. The summed E-state index contributed by atoms with van der Waals surface area (Å²) in [6, 6.07) is 5.60. The van der Waals surface area contributed by atoms with Crippen LogP contribution in [0, 0.1) is 12.8 Å².